The van der Waals surface area contributed by atoms with Crippen LogP contribution in [0, 0.1) is 11.8 Å². The number of hydrogen-bond donors (Lipinski definition) is 0. The van der Waals surface area contributed by atoms with E-state index in [2.05, 4.69) is 12.2 Å². The molecule has 2 atom stereocenters. The quantitative estimate of drug-likeness (QED) is 0.492. The molecule has 0 saturated heterocycles. The van der Waals surface area contributed by atoms with Gasteiger partial charge in [0.05, 0.1) is 0 Å². The monoisotopic (exact) mass is 146 g/mol. The van der Waals surface area contributed by atoms with Gasteiger partial charge in [-0.15, -0.1) is 0 Å². The minimum atomic E-state index is 0.965. The first-order chi connectivity index (χ1) is 5.45. The second kappa shape index (κ2) is 2.00. The summed E-state index contributed by atoms with van der Waals surface area (Å²) in [6.45, 7) is 0. The first kappa shape index (κ1) is 6.05. The molecule has 0 aromatic rings. The fraction of sp³-hybridized carbons (Fsp3) is 0.636. The standard InChI is InChI=1S/C11H14/c1-2-4-10-8(3-1)5-6-9-7-11(9)10/h5-6,9,11H,1-4,7H2. The molecule has 3 aliphatic rings. The normalized spacial score (nSPS) is 40.0. The molecule has 0 nitrogen and oxygen atoms in total. The third-order valence-electron chi connectivity index (χ3n) is 3.39. The van der Waals surface area contributed by atoms with Crippen molar-refractivity contribution in [3.05, 3.63) is 23.3 Å². The number of rotatable bonds is 0. The zero-order valence-electron chi connectivity index (χ0n) is 6.84. The van der Waals surface area contributed by atoms with Crippen LogP contribution in [0.15, 0.2) is 23.3 Å². The second-order valence-electron chi connectivity index (χ2n) is 4.12. The predicted molar refractivity (Wildman–Crippen MR) is 46.2 cm³/mol. The summed E-state index contributed by atoms with van der Waals surface area (Å²) in [5.74, 6) is 1.97. The van der Waals surface area contributed by atoms with E-state index in [-0.39, 0.29) is 0 Å². The van der Waals surface area contributed by atoms with Gasteiger partial charge in [0.25, 0.3) is 0 Å². The minimum absolute atomic E-state index is 0.965. The first-order valence-corrected chi connectivity index (χ1v) is 4.85. The van der Waals surface area contributed by atoms with Crippen molar-refractivity contribution in [3.63, 3.8) is 0 Å². The Morgan fingerprint density at radius 3 is 3.09 bits per heavy atom. The summed E-state index contributed by atoms with van der Waals surface area (Å²) in [5, 5.41) is 0. The average molecular weight is 146 g/mol. The summed E-state index contributed by atoms with van der Waals surface area (Å²) in [6.07, 6.45) is 12.0. The Balaban J connectivity index is 2.01. The Bertz CT molecular complexity index is 245. The molecule has 0 amide bonds. The average Bonchev–Trinajstić information content (AvgIpc) is 2.83. The van der Waals surface area contributed by atoms with Crippen LogP contribution >= 0.6 is 0 Å². The molecule has 1 saturated carbocycles. The van der Waals surface area contributed by atoms with Crippen molar-refractivity contribution in [1.82, 2.24) is 0 Å². The van der Waals surface area contributed by atoms with Crippen LogP contribution in [0.4, 0.5) is 0 Å². The topological polar surface area (TPSA) is 0 Å². The summed E-state index contributed by atoms with van der Waals surface area (Å²) in [4.78, 5) is 0. The Hall–Kier alpha value is -0.520. The van der Waals surface area contributed by atoms with Crippen LogP contribution in [-0.4, -0.2) is 0 Å². The van der Waals surface area contributed by atoms with Crippen LogP contribution in [0.2, 0.25) is 0 Å². The van der Waals surface area contributed by atoms with Crippen LogP contribution in [0.5, 0.6) is 0 Å². The summed E-state index contributed by atoms with van der Waals surface area (Å²) >= 11 is 0. The van der Waals surface area contributed by atoms with Gasteiger partial charge in [0.2, 0.25) is 0 Å². The highest BCUT2D eigenvalue weighted by Crippen LogP contribution is 2.52. The van der Waals surface area contributed by atoms with Crippen molar-refractivity contribution in [1.29, 1.82) is 0 Å². The first-order valence-electron chi connectivity index (χ1n) is 4.85. The van der Waals surface area contributed by atoms with E-state index in [1.54, 1.807) is 5.57 Å². The highest BCUT2D eigenvalue weighted by molar-refractivity contribution is 5.38. The molecular weight excluding hydrogens is 132 g/mol. The maximum atomic E-state index is 2.44. The Labute approximate surface area is 68.0 Å². The number of allylic oxidation sites excluding steroid dienone is 4. The Morgan fingerprint density at radius 1 is 1.18 bits per heavy atom. The maximum Gasteiger partial charge on any atom is -0.0128 e. The van der Waals surface area contributed by atoms with Crippen LogP contribution in [-0.2, 0) is 0 Å². The molecule has 3 aliphatic carbocycles. The zero-order valence-corrected chi connectivity index (χ0v) is 6.84. The molecule has 0 aromatic heterocycles. The predicted octanol–water partition coefficient (Wildman–Crippen LogP) is 3.06. The van der Waals surface area contributed by atoms with Crippen LogP contribution in [0.25, 0.3) is 0 Å². The van der Waals surface area contributed by atoms with Crippen molar-refractivity contribution in [2.45, 2.75) is 32.1 Å². The third kappa shape index (κ3) is 0.817. The fourth-order valence-electron chi connectivity index (χ4n) is 2.63. The molecular formula is C11H14. The SMILES string of the molecule is C1=CC2CC2C2=C1CCCC2. The van der Waals surface area contributed by atoms with Crippen molar-refractivity contribution >= 4 is 0 Å². The van der Waals surface area contributed by atoms with Crippen molar-refractivity contribution in [3.8, 4) is 0 Å². The molecule has 2 unspecified atom stereocenters. The molecule has 0 spiro atoms. The van der Waals surface area contributed by atoms with Gasteiger partial charge in [-0.05, 0) is 49.5 Å². The molecule has 11 heavy (non-hydrogen) atoms. The van der Waals surface area contributed by atoms with Gasteiger partial charge >= 0.3 is 0 Å². The van der Waals surface area contributed by atoms with Gasteiger partial charge in [0.1, 0.15) is 0 Å². The lowest BCUT2D eigenvalue weighted by Crippen LogP contribution is -2.03. The van der Waals surface area contributed by atoms with Crippen LogP contribution < -0.4 is 0 Å². The van der Waals surface area contributed by atoms with E-state index in [1.807, 2.05) is 5.57 Å². The van der Waals surface area contributed by atoms with Gasteiger partial charge < -0.3 is 0 Å². The van der Waals surface area contributed by atoms with Gasteiger partial charge in [-0.25, -0.2) is 0 Å². The Morgan fingerprint density at radius 2 is 2.09 bits per heavy atom. The molecule has 0 aromatic carbocycles. The smallest absolute Gasteiger partial charge is 0.0128 e. The molecule has 0 N–H and O–H groups in total. The van der Waals surface area contributed by atoms with E-state index in [0.717, 1.165) is 11.8 Å². The van der Waals surface area contributed by atoms with Gasteiger partial charge in [-0.2, -0.15) is 0 Å². The van der Waals surface area contributed by atoms with Gasteiger partial charge in [0.15, 0.2) is 0 Å². The van der Waals surface area contributed by atoms with Crippen LogP contribution in [0.1, 0.15) is 32.1 Å². The molecule has 0 bridgehead atoms. The Kier molecular flexibility index (Phi) is 1.10. The highest BCUT2D eigenvalue weighted by Gasteiger charge is 2.40. The summed E-state index contributed by atoms with van der Waals surface area (Å²) in [7, 11) is 0. The molecule has 1 fully saturated rings. The molecule has 0 heterocycles. The van der Waals surface area contributed by atoms with Gasteiger partial charge in [-0.3, -0.25) is 0 Å². The molecule has 58 valence electrons. The summed E-state index contributed by atoms with van der Waals surface area (Å²) < 4.78 is 0. The van der Waals surface area contributed by atoms with Crippen molar-refractivity contribution < 1.29 is 0 Å². The van der Waals surface area contributed by atoms with E-state index >= 15 is 0 Å². The lowest BCUT2D eigenvalue weighted by molar-refractivity contribution is 0.637. The second-order valence-corrected chi connectivity index (χ2v) is 4.12. The molecule has 3 rings (SSSR count). The number of hydrogen-bond acceptors (Lipinski definition) is 0. The van der Waals surface area contributed by atoms with E-state index < -0.39 is 0 Å². The van der Waals surface area contributed by atoms with Crippen molar-refractivity contribution in [2.24, 2.45) is 11.8 Å². The largest absolute Gasteiger partial charge is 0.0805 e. The zero-order chi connectivity index (χ0) is 7.26. The molecule has 0 radical (unpaired) electrons. The van der Waals surface area contributed by atoms with Crippen molar-refractivity contribution in [2.75, 3.05) is 0 Å². The summed E-state index contributed by atoms with van der Waals surface area (Å²) in [6, 6.07) is 0. The van der Waals surface area contributed by atoms with Gasteiger partial charge in [-0.1, -0.05) is 17.7 Å². The van der Waals surface area contributed by atoms with E-state index in [4.69, 9.17) is 0 Å². The number of fused-ring (bicyclic) bond motifs is 2. The van der Waals surface area contributed by atoms with E-state index in [0.29, 0.717) is 0 Å². The molecule has 0 aliphatic heterocycles. The molecule has 0 heteroatoms. The minimum Gasteiger partial charge on any atom is -0.0805 e. The lowest BCUT2D eigenvalue weighted by Gasteiger charge is -2.20. The van der Waals surface area contributed by atoms with E-state index in [1.165, 1.54) is 32.1 Å². The fourth-order valence-corrected chi connectivity index (χ4v) is 2.63. The van der Waals surface area contributed by atoms with E-state index in [9.17, 15) is 0 Å². The lowest BCUT2D eigenvalue weighted by atomic mass is 9.86. The maximum absolute atomic E-state index is 2.44. The highest BCUT2D eigenvalue weighted by atomic mass is 14.4. The summed E-state index contributed by atoms with van der Waals surface area (Å²) in [5.41, 5.74) is 3.54. The third-order valence-corrected chi connectivity index (χ3v) is 3.39. The van der Waals surface area contributed by atoms with Gasteiger partial charge in [0, 0.05) is 0 Å². The van der Waals surface area contributed by atoms with Crippen LogP contribution in [0.3, 0.4) is 0 Å².